The Hall–Kier alpha value is -0.820. The van der Waals surface area contributed by atoms with Crippen LogP contribution in [0.4, 0.5) is 0 Å². The SMILES string of the molecule is CC1(c2cccc(C3(C)CO3)c2)CC1. The van der Waals surface area contributed by atoms with Crippen molar-refractivity contribution >= 4 is 0 Å². The van der Waals surface area contributed by atoms with E-state index in [4.69, 9.17) is 4.74 Å². The molecule has 2 aliphatic rings. The van der Waals surface area contributed by atoms with Crippen LogP contribution in [-0.2, 0) is 15.8 Å². The molecule has 1 unspecified atom stereocenters. The van der Waals surface area contributed by atoms with Crippen molar-refractivity contribution in [3.63, 3.8) is 0 Å². The summed E-state index contributed by atoms with van der Waals surface area (Å²) in [6.07, 6.45) is 2.68. The van der Waals surface area contributed by atoms with E-state index in [9.17, 15) is 0 Å². The Labute approximate surface area is 85.1 Å². The Morgan fingerprint density at radius 3 is 2.36 bits per heavy atom. The molecule has 1 atom stereocenters. The lowest BCUT2D eigenvalue weighted by atomic mass is 9.93. The highest BCUT2D eigenvalue weighted by atomic mass is 16.6. The molecule has 0 N–H and O–H groups in total. The van der Waals surface area contributed by atoms with Crippen molar-refractivity contribution in [2.45, 2.75) is 37.7 Å². The number of hydrogen-bond acceptors (Lipinski definition) is 1. The van der Waals surface area contributed by atoms with Gasteiger partial charge in [0.15, 0.2) is 0 Å². The average Bonchev–Trinajstić information content (AvgIpc) is 3.08. The fourth-order valence-corrected chi connectivity index (χ4v) is 1.97. The molecule has 1 aromatic rings. The van der Waals surface area contributed by atoms with Crippen LogP contribution < -0.4 is 0 Å². The molecule has 1 heterocycles. The van der Waals surface area contributed by atoms with Crippen LogP contribution in [0.5, 0.6) is 0 Å². The van der Waals surface area contributed by atoms with Gasteiger partial charge in [-0.25, -0.2) is 0 Å². The highest BCUT2D eigenvalue weighted by Gasteiger charge is 2.43. The van der Waals surface area contributed by atoms with Crippen molar-refractivity contribution < 1.29 is 4.74 Å². The fourth-order valence-electron chi connectivity index (χ4n) is 1.97. The van der Waals surface area contributed by atoms with E-state index < -0.39 is 0 Å². The molecule has 2 fully saturated rings. The third-order valence-electron chi connectivity index (χ3n) is 3.75. The second-order valence-electron chi connectivity index (χ2n) is 5.16. The van der Waals surface area contributed by atoms with Crippen LogP contribution in [0.1, 0.15) is 37.8 Å². The van der Waals surface area contributed by atoms with Gasteiger partial charge < -0.3 is 4.74 Å². The van der Waals surface area contributed by atoms with Gasteiger partial charge in [-0.3, -0.25) is 0 Å². The zero-order valence-electron chi connectivity index (χ0n) is 8.84. The Bertz CT molecular complexity index is 339. The van der Waals surface area contributed by atoms with Gasteiger partial charge in [0.2, 0.25) is 0 Å². The van der Waals surface area contributed by atoms with Crippen molar-refractivity contribution in [1.82, 2.24) is 0 Å². The maximum Gasteiger partial charge on any atom is 0.114 e. The Morgan fingerprint density at radius 1 is 1.14 bits per heavy atom. The van der Waals surface area contributed by atoms with Gasteiger partial charge in [0, 0.05) is 0 Å². The maximum absolute atomic E-state index is 5.47. The van der Waals surface area contributed by atoms with Crippen LogP contribution in [0.25, 0.3) is 0 Å². The van der Waals surface area contributed by atoms with Crippen molar-refractivity contribution in [2.24, 2.45) is 0 Å². The molecular formula is C13H16O. The summed E-state index contributed by atoms with van der Waals surface area (Å²) in [6, 6.07) is 8.94. The van der Waals surface area contributed by atoms with Crippen LogP contribution in [0.3, 0.4) is 0 Å². The summed E-state index contributed by atoms with van der Waals surface area (Å²) >= 11 is 0. The third-order valence-corrected chi connectivity index (χ3v) is 3.75. The number of epoxide rings is 1. The summed E-state index contributed by atoms with van der Waals surface area (Å²) in [5, 5.41) is 0. The minimum absolute atomic E-state index is 0.0290. The quantitative estimate of drug-likeness (QED) is 0.650. The fraction of sp³-hybridized carbons (Fsp3) is 0.538. The molecule has 0 spiro atoms. The third kappa shape index (κ3) is 1.19. The predicted octanol–water partition coefficient (Wildman–Crippen LogP) is 2.98. The lowest BCUT2D eigenvalue weighted by Crippen LogP contribution is -2.06. The van der Waals surface area contributed by atoms with E-state index in [1.807, 2.05) is 0 Å². The number of ether oxygens (including phenoxy) is 1. The lowest BCUT2D eigenvalue weighted by Gasteiger charge is -2.12. The molecule has 1 aromatic carbocycles. The van der Waals surface area contributed by atoms with Gasteiger partial charge in [0.25, 0.3) is 0 Å². The molecule has 1 heteroatoms. The molecule has 0 radical (unpaired) electrons. The van der Waals surface area contributed by atoms with Gasteiger partial charge >= 0.3 is 0 Å². The molecule has 0 amide bonds. The standard InChI is InChI=1S/C13H16O/c1-12(6-7-12)10-4-3-5-11(8-10)13(2)9-14-13/h3-5,8H,6-7,9H2,1-2H3. The molecule has 1 aliphatic carbocycles. The first-order valence-electron chi connectivity index (χ1n) is 5.37. The maximum atomic E-state index is 5.47. The number of rotatable bonds is 2. The van der Waals surface area contributed by atoms with E-state index in [1.165, 1.54) is 24.0 Å². The highest BCUT2D eigenvalue weighted by molar-refractivity contribution is 5.37. The van der Waals surface area contributed by atoms with E-state index in [0.29, 0.717) is 5.41 Å². The van der Waals surface area contributed by atoms with Gasteiger partial charge in [0.05, 0.1) is 6.61 Å². The van der Waals surface area contributed by atoms with Crippen LogP contribution in [0.2, 0.25) is 0 Å². The average molecular weight is 188 g/mol. The minimum Gasteiger partial charge on any atom is -0.365 e. The monoisotopic (exact) mass is 188 g/mol. The molecule has 1 saturated heterocycles. The molecule has 14 heavy (non-hydrogen) atoms. The number of benzene rings is 1. The van der Waals surface area contributed by atoms with Crippen molar-refractivity contribution in [3.05, 3.63) is 35.4 Å². The van der Waals surface area contributed by atoms with E-state index in [1.54, 1.807) is 0 Å². The smallest absolute Gasteiger partial charge is 0.114 e. The van der Waals surface area contributed by atoms with Crippen LogP contribution in [0, 0.1) is 0 Å². The summed E-state index contributed by atoms with van der Waals surface area (Å²) in [5.41, 5.74) is 3.34. The largest absolute Gasteiger partial charge is 0.365 e. The molecule has 0 aromatic heterocycles. The van der Waals surface area contributed by atoms with Crippen LogP contribution in [-0.4, -0.2) is 6.61 Å². The van der Waals surface area contributed by atoms with Crippen molar-refractivity contribution in [1.29, 1.82) is 0 Å². The Balaban J connectivity index is 1.99. The topological polar surface area (TPSA) is 12.5 Å². The summed E-state index contributed by atoms with van der Waals surface area (Å²) < 4.78 is 5.47. The van der Waals surface area contributed by atoms with E-state index in [-0.39, 0.29) is 5.60 Å². The van der Waals surface area contributed by atoms with E-state index in [0.717, 1.165) is 6.61 Å². The minimum atomic E-state index is 0.0290. The van der Waals surface area contributed by atoms with Gasteiger partial charge in [0.1, 0.15) is 5.60 Å². The zero-order chi connectivity index (χ0) is 9.81. The second-order valence-corrected chi connectivity index (χ2v) is 5.16. The predicted molar refractivity (Wildman–Crippen MR) is 56.3 cm³/mol. The molecule has 1 nitrogen and oxygen atoms in total. The molecule has 1 aliphatic heterocycles. The van der Waals surface area contributed by atoms with Gasteiger partial charge in [-0.2, -0.15) is 0 Å². The van der Waals surface area contributed by atoms with Crippen LogP contribution in [0.15, 0.2) is 24.3 Å². The zero-order valence-corrected chi connectivity index (χ0v) is 8.84. The lowest BCUT2D eigenvalue weighted by molar-refractivity contribution is 0.329. The van der Waals surface area contributed by atoms with E-state index in [2.05, 4.69) is 38.1 Å². The number of hydrogen-bond donors (Lipinski definition) is 0. The van der Waals surface area contributed by atoms with E-state index >= 15 is 0 Å². The van der Waals surface area contributed by atoms with Crippen LogP contribution >= 0.6 is 0 Å². The Morgan fingerprint density at radius 2 is 1.79 bits per heavy atom. The van der Waals surface area contributed by atoms with Gasteiger partial charge in [-0.15, -0.1) is 0 Å². The molecule has 0 bridgehead atoms. The Kier molecular flexibility index (Phi) is 1.46. The first-order chi connectivity index (χ1) is 6.62. The molecule has 3 rings (SSSR count). The first kappa shape index (κ1) is 8.49. The first-order valence-corrected chi connectivity index (χ1v) is 5.37. The van der Waals surface area contributed by atoms with Crippen molar-refractivity contribution in [3.8, 4) is 0 Å². The van der Waals surface area contributed by atoms with Crippen molar-refractivity contribution in [2.75, 3.05) is 6.61 Å². The summed E-state index contributed by atoms with van der Waals surface area (Å²) in [5.74, 6) is 0. The summed E-state index contributed by atoms with van der Waals surface area (Å²) in [4.78, 5) is 0. The summed E-state index contributed by atoms with van der Waals surface area (Å²) in [7, 11) is 0. The highest BCUT2D eigenvalue weighted by Crippen LogP contribution is 2.49. The summed E-state index contributed by atoms with van der Waals surface area (Å²) in [6.45, 7) is 5.40. The van der Waals surface area contributed by atoms with Gasteiger partial charge in [-0.1, -0.05) is 31.2 Å². The second kappa shape index (κ2) is 2.40. The molecule has 1 saturated carbocycles. The normalized spacial score (nSPS) is 32.7. The van der Waals surface area contributed by atoms with Gasteiger partial charge in [-0.05, 0) is 36.3 Å². The molecule has 74 valence electrons. The molecular weight excluding hydrogens is 172 g/mol.